The molecule has 0 bridgehead atoms. The van der Waals surface area contributed by atoms with E-state index in [9.17, 15) is 4.79 Å². The van der Waals surface area contributed by atoms with Crippen molar-refractivity contribution < 1.29 is 4.79 Å². The molecule has 0 aromatic carbocycles. The first-order valence-electron chi connectivity index (χ1n) is 4.53. The largest absolute Gasteiger partial charge is 0.289 e. The standard InChI is InChI=1S/C11H14OS/c1-3-9(4-2)7-11(12)10-5-6-13-8-10/h5-8H,3-4H2,1-2H3. The molecule has 0 saturated carbocycles. The summed E-state index contributed by atoms with van der Waals surface area (Å²) in [5.41, 5.74) is 2.03. The Kier molecular flexibility index (Phi) is 3.90. The molecule has 0 amide bonds. The number of hydrogen-bond acceptors (Lipinski definition) is 2. The zero-order valence-corrected chi connectivity index (χ0v) is 8.86. The van der Waals surface area contributed by atoms with E-state index in [-0.39, 0.29) is 5.78 Å². The molecule has 1 rings (SSSR count). The van der Waals surface area contributed by atoms with Crippen molar-refractivity contribution in [1.29, 1.82) is 0 Å². The van der Waals surface area contributed by atoms with Crippen LogP contribution in [0.5, 0.6) is 0 Å². The van der Waals surface area contributed by atoms with Gasteiger partial charge in [-0.2, -0.15) is 11.3 Å². The van der Waals surface area contributed by atoms with Crippen LogP contribution in [0.3, 0.4) is 0 Å². The van der Waals surface area contributed by atoms with Gasteiger partial charge in [-0.15, -0.1) is 0 Å². The van der Waals surface area contributed by atoms with Crippen molar-refractivity contribution in [3.63, 3.8) is 0 Å². The maximum absolute atomic E-state index is 11.6. The molecular formula is C11H14OS. The third-order valence-electron chi connectivity index (χ3n) is 2.05. The smallest absolute Gasteiger partial charge is 0.186 e. The molecule has 0 aliphatic rings. The van der Waals surface area contributed by atoms with Gasteiger partial charge in [-0.25, -0.2) is 0 Å². The Bertz CT molecular complexity index is 290. The lowest BCUT2D eigenvalue weighted by atomic mass is 10.1. The number of carbonyl (C=O) groups excluding carboxylic acids is 1. The molecule has 0 spiro atoms. The molecule has 0 aliphatic carbocycles. The van der Waals surface area contributed by atoms with Gasteiger partial charge in [0, 0.05) is 10.9 Å². The molecule has 70 valence electrons. The fourth-order valence-electron chi connectivity index (χ4n) is 1.13. The highest BCUT2D eigenvalue weighted by Crippen LogP contribution is 2.11. The highest BCUT2D eigenvalue weighted by Gasteiger charge is 2.02. The number of allylic oxidation sites excluding steroid dienone is 2. The topological polar surface area (TPSA) is 17.1 Å². The van der Waals surface area contributed by atoms with Gasteiger partial charge in [-0.1, -0.05) is 19.4 Å². The molecular weight excluding hydrogens is 180 g/mol. The predicted octanol–water partition coefficient (Wildman–Crippen LogP) is 3.68. The first-order valence-corrected chi connectivity index (χ1v) is 5.48. The Morgan fingerprint density at radius 3 is 2.62 bits per heavy atom. The Hall–Kier alpha value is -0.890. The summed E-state index contributed by atoms with van der Waals surface area (Å²) in [5, 5.41) is 3.82. The van der Waals surface area contributed by atoms with Crippen LogP contribution >= 0.6 is 11.3 Å². The van der Waals surface area contributed by atoms with E-state index >= 15 is 0 Å². The number of hydrogen-bond donors (Lipinski definition) is 0. The Morgan fingerprint density at radius 2 is 2.15 bits per heavy atom. The SMILES string of the molecule is CCC(=CC(=O)c1ccsc1)CC. The maximum atomic E-state index is 11.6. The zero-order valence-electron chi connectivity index (χ0n) is 8.04. The fraction of sp³-hybridized carbons (Fsp3) is 0.364. The van der Waals surface area contributed by atoms with Crippen LogP contribution in [0.25, 0.3) is 0 Å². The highest BCUT2D eigenvalue weighted by molar-refractivity contribution is 7.08. The van der Waals surface area contributed by atoms with Crippen LogP contribution in [-0.4, -0.2) is 5.78 Å². The van der Waals surface area contributed by atoms with Crippen molar-refractivity contribution in [2.24, 2.45) is 0 Å². The monoisotopic (exact) mass is 194 g/mol. The average Bonchev–Trinajstić information content (AvgIpc) is 2.66. The molecule has 0 saturated heterocycles. The minimum Gasteiger partial charge on any atom is -0.289 e. The quantitative estimate of drug-likeness (QED) is 0.528. The van der Waals surface area contributed by atoms with Crippen LogP contribution < -0.4 is 0 Å². The second-order valence-corrected chi connectivity index (χ2v) is 3.67. The summed E-state index contributed by atoms with van der Waals surface area (Å²) in [6.45, 7) is 4.16. The minimum absolute atomic E-state index is 0.139. The van der Waals surface area contributed by atoms with E-state index in [2.05, 4.69) is 13.8 Å². The normalized spacial score (nSPS) is 9.69. The van der Waals surface area contributed by atoms with E-state index in [1.165, 1.54) is 5.57 Å². The van der Waals surface area contributed by atoms with Crippen LogP contribution in [-0.2, 0) is 0 Å². The van der Waals surface area contributed by atoms with E-state index in [1.54, 1.807) is 17.4 Å². The van der Waals surface area contributed by atoms with Gasteiger partial charge in [0.25, 0.3) is 0 Å². The summed E-state index contributed by atoms with van der Waals surface area (Å²) >= 11 is 1.56. The van der Waals surface area contributed by atoms with Gasteiger partial charge in [0.1, 0.15) is 0 Å². The molecule has 0 atom stereocenters. The average molecular weight is 194 g/mol. The van der Waals surface area contributed by atoms with Gasteiger partial charge in [-0.3, -0.25) is 4.79 Å². The number of ketones is 1. The molecule has 0 unspecified atom stereocenters. The summed E-state index contributed by atoms with van der Waals surface area (Å²) in [6.07, 6.45) is 3.70. The van der Waals surface area contributed by atoms with Crippen LogP contribution in [0.1, 0.15) is 37.0 Å². The lowest BCUT2D eigenvalue weighted by molar-refractivity contribution is 0.104. The van der Waals surface area contributed by atoms with E-state index in [0.29, 0.717) is 0 Å². The van der Waals surface area contributed by atoms with Crippen LogP contribution in [0.4, 0.5) is 0 Å². The Labute approximate surface area is 83.1 Å². The van der Waals surface area contributed by atoms with E-state index < -0.39 is 0 Å². The van der Waals surface area contributed by atoms with Crippen molar-refractivity contribution in [2.45, 2.75) is 26.7 Å². The van der Waals surface area contributed by atoms with Crippen molar-refractivity contribution in [3.05, 3.63) is 34.0 Å². The summed E-state index contributed by atoms with van der Waals surface area (Å²) in [6, 6.07) is 1.87. The molecule has 2 heteroatoms. The van der Waals surface area contributed by atoms with Crippen molar-refractivity contribution >= 4 is 17.1 Å². The van der Waals surface area contributed by atoms with Gasteiger partial charge in [0.05, 0.1) is 0 Å². The first-order chi connectivity index (χ1) is 6.27. The van der Waals surface area contributed by atoms with Gasteiger partial charge < -0.3 is 0 Å². The summed E-state index contributed by atoms with van der Waals surface area (Å²) < 4.78 is 0. The van der Waals surface area contributed by atoms with E-state index in [1.807, 2.05) is 16.8 Å². The molecule has 1 aromatic heterocycles. The molecule has 0 aliphatic heterocycles. The van der Waals surface area contributed by atoms with Gasteiger partial charge >= 0.3 is 0 Å². The van der Waals surface area contributed by atoms with Crippen LogP contribution in [0, 0.1) is 0 Å². The third kappa shape index (κ3) is 2.81. The highest BCUT2D eigenvalue weighted by atomic mass is 32.1. The van der Waals surface area contributed by atoms with Crippen molar-refractivity contribution in [3.8, 4) is 0 Å². The summed E-state index contributed by atoms with van der Waals surface area (Å²) in [7, 11) is 0. The van der Waals surface area contributed by atoms with E-state index in [0.717, 1.165) is 18.4 Å². The summed E-state index contributed by atoms with van der Waals surface area (Å²) in [5.74, 6) is 0.139. The minimum atomic E-state index is 0.139. The van der Waals surface area contributed by atoms with Crippen molar-refractivity contribution in [1.82, 2.24) is 0 Å². The second-order valence-electron chi connectivity index (χ2n) is 2.89. The Balaban J connectivity index is 2.75. The molecule has 1 heterocycles. The fourth-order valence-corrected chi connectivity index (χ4v) is 1.77. The Morgan fingerprint density at radius 1 is 1.46 bits per heavy atom. The van der Waals surface area contributed by atoms with Crippen LogP contribution in [0.15, 0.2) is 28.5 Å². The number of carbonyl (C=O) groups is 1. The van der Waals surface area contributed by atoms with Crippen LogP contribution in [0.2, 0.25) is 0 Å². The van der Waals surface area contributed by atoms with Gasteiger partial charge in [0.15, 0.2) is 5.78 Å². The second kappa shape index (κ2) is 4.97. The molecule has 1 nitrogen and oxygen atoms in total. The molecule has 0 fully saturated rings. The molecule has 0 radical (unpaired) electrons. The molecule has 0 N–H and O–H groups in total. The lowest BCUT2D eigenvalue weighted by Crippen LogP contribution is -1.93. The van der Waals surface area contributed by atoms with Gasteiger partial charge in [0.2, 0.25) is 0 Å². The first kappa shape index (κ1) is 10.2. The number of thiophene rings is 1. The third-order valence-corrected chi connectivity index (χ3v) is 2.73. The maximum Gasteiger partial charge on any atom is 0.186 e. The number of rotatable bonds is 4. The molecule has 13 heavy (non-hydrogen) atoms. The molecule has 1 aromatic rings. The van der Waals surface area contributed by atoms with Crippen molar-refractivity contribution in [2.75, 3.05) is 0 Å². The predicted molar refractivity (Wildman–Crippen MR) is 57.3 cm³/mol. The lowest BCUT2D eigenvalue weighted by Gasteiger charge is -1.97. The van der Waals surface area contributed by atoms with E-state index in [4.69, 9.17) is 0 Å². The zero-order chi connectivity index (χ0) is 9.68. The summed E-state index contributed by atoms with van der Waals surface area (Å²) in [4.78, 5) is 11.6. The van der Waals surface area contributed by atoms with Gasteiger partial charge in [-0.05, 0) is 30.4 Å².